The van der Waals surface area contributed by atoms with Gasteiger partial charge in [0, 0.05) is 24.8 Å². The number of para-hydroxylation sites is 1. The highest BCUT2D eigenvalue weighted by Crippen LogP contribution is 2.36. The fraction of sp³-hybridized carbons (Fsp3) is 0.250. The van der Waals surface area contributed by atoms with E-state index in [0.29, 0.717) is 29.7 Å². The molecule has 3 amide bonds. The lowest BCUT2D eigenvalue weighted by Crippen LogP contribution is -2.37. The van der Waals surface area contributed by atoms with Gasteiger partial charge < -0.3 is 19.7 Å². The molecule has 0 bridgehead atoms. The maximum Gasteiger partial charge on any atom is 0.325 e. The molecule has 1 aromatic heterocycles. The molecule has 2 aliphatic heterocycles. The van der Waals surface area contributed by atoms with Crippen molar-refractivity contribution in [1.82, 2.24) is 9.88 Å². The van der Waals surface area contributed by atoms with Crippen molar-refractivity contribution in [2.24, 2.45) is 0 Å². The van der Waals surface area contributed by atoms with Gasteiger partial charge in [0.05, 0.1) is 10.2 Å². The highest BCUT2D eigenvalue weighted by Gasteiger charge is 2.32. The Bertz CT molecular complexity index is 1130. The third kappa shape index (κ3) is 3.23. The molecule has 1 N–H and O–H groups in total. The summed E-state index contributed by atoms with van der Waals surface area (Å²) in [5.41, 5.74) is 2.68. The van der Waals surface area contributed by atoms with Crippen molar-refractivity contribution in [3.63, 3.8) is 0 Å². The summed E-state index contributed by atoms with van der Waals surface area (Å²) in [6.45, 7) is 3.13. The van der Waals surface area contributed by atoms with Gasteiger partial charge in [-0.05, 0) is 30.7 Å². The van der Waals surface area contributed by atoms with Gasteiger partial charge >= 0.3 is 6.03 Å². The number of ether oxygens (including phenoxy) is 2. The van der Waals surface area contributed by atoms with Gasteiger partial charge in [0.15, 0.2) is 16.6 Å². The van der Waals surface area contributed by atoms with Crippen molar-refractivity contribution in [1.29, 1.82) is 0 Å². The first-order valence-electron chi connectivity index (χ1n) is 9.20. The number of hydrogen-bond donors (Lipinski definition) is 1. The van der Waals surface area contributed by atoms with E-state index in [1.807, 2.05) is 31.2 Å². The fourth-order valence-corrected chi connectivity index (χ4v) is 4.45. The molecular formula is C20H18N4O4S. The summed E-state index contributed by atoms with van der Waals surface area (Å²) in [7, 11) is 0. The Morgan fingerprint density at radius 3 is 2.93 bits per heavy atom. The highest BCUT2D eigenvalue weighted by atomic mass is 32.1. The Morgan fingerprint density at radius 2 is 2.07 bits per heavy atom. The Labute approximate surface area is 170 Å². The van der Waals surface area contributed by atoms with Crippen LogP contribution >= 0.6 is 11.3 Å². The maximum absolute atomic E-state index is 12.8. The number of thiazole rings is 1. The van der Waals surface area contributed by atoms with Crippen LogP contribution in [-0.2, 0) is 4.79 Å². The third-order valence-electron chi connectivity index (χ3n) is 4.96. The van der Waals surface area contributed by atoms with Gasteiger partial charge in [0.2, 0.25) is 12.7 Å². The molecule has 0 radical (unpaired) electrons. The monoisotopic (exact) mass is 410 g/mol. The van der Waals surface area contributed by atoms with Crippen LogP contribution in [0.5, 0.6) is 11.5 Å². The molecule has 148 valence electrons. The van der Waals surface area contributed by atoms with Crippen LogP contribution in [-0.4, -0.2) is 48.2 Å². The minimum Gasteiger partial charge on any atom is -0.454 e. The minimum absolute atomic E-state index is 0.0191. The summed E-state index contributed by atoms with van der Waals surface area (Å²) < 4.78 is 11.7. The number of carbonyl (C=O) groups is 2. The van der Waals surface area contributed by atoms with Crippen LogP contribution in [0, 0.1) is 6.92 Å². The normalized spacial score (nSPS) is 15.4. The van der Waals surface area contributed by atoms with E-state index in [1.54, 1.807) is 17.0 Å². The van der Waals surface area contributed by atoms with Gasteiger partial charge in [-0.2, -0.15) is 0 Å². The lowest BCUT2D eigenvalue weighted by atomic mass is 10.2. The van der Waals surface area contributed by atoms with Gasteiger partial charge in [0.1, 0.15) is 6.54 Å². The fourth-order valence-electron chi connectivity index (χ4n) is 3.49. The first kappa shape index (κ1) is 17.7. The number of aryl methyl sites for hydroxylation is 1. The molecule has 8 nitrogen and oxygen atoms in total. The van der Waals surface area contributed by atoms with Crippen molar-refractivity contribution >= 4 is 44.3 Å². The number of nitrogens with one attached hydrogen (secondary N) is 1. The Balaban J connectivity index is 1.25. The molecule has 0 saturated carbocycles. The second-order valence-corrected chi connectivity index (χ2v) is 7.91. The van der Waals surface area contributed by atoms with Crippen LogP contribution in [0.15, 0.2) is 36.4 Å². The molecule has 3 aromatic rings. The number of carbonyl (C=O) groups excluding carboxylic acids is 2. The SMILES string of the molecule is Cc1cccc2sc(NC(=O)CN3CCN(c4ccc5c(c4)OCO5)C3=O)nc12. The molecule has 2 aromatic carbocycles. The van der Waals surface area contributed by atoms with Gasteiger partial charge in [-0.25, -0.2) is 9.78 Å². The third-order valence-corrected chi connectivity index (χ3v) is 5.90. The number of rotatable bonds is 4. The van der Waals surface area contributed by atoms with Crippen LogP contribution in [0.1, 0.15) is 5.56 Å². The van der Waals surface area contributed by atoms with E-state index in [1.165, 1.54) is 16.2 Å². The zero-order valence-corrected chi connectivity index (χ0v) is 16.5. The number of amides is 3. The van der Waals surface area contributed by atoms with Crippen molar-refractivity contribution < 1.29 is 19.1 Å². The number of benzene rings is 2. The van der Waals surface area contributed by atoms with Crippen LogP contribution in [0.2, 0.25) is 0 Å². The van der Waals surface area contributed by atoms with Crippen LogP contribution < -0.4 is 19.7 Å². The summed E-state index contributed by atoms with van der Waals surface area (Å²) in [5.74, 6) is 1.03. The lowest BCUT2D eigenvalue weighted by molar-refractivity contribution is -0.116. The second kappa shape index (κ2) is 6.93. The number of nitrogens with zero attached hydrogens (tertiary/aromatic N) is 3. The van der Waals surface area contributed by atoms with Crippen LogP contribution in [0.4, 0.5) is 15.6 Å². The molecule has 0 atom stereocenters. The summed E-state index contributed by atoms with van der Waals surface area (Å²) in [6.07, 6.45) is 0. The molecule has 1 saturated heterocycles. The molecule has 0 unspecified atom stereocenters. The van der Waals surface area contributed by atoms with Gasteiger partial charge in [0.25, 0.3) is 0 Å². The van der Waals surface area contributed by atoms with E-state index in [-0.39, 0.29) is 25.3 Å². The molecule has 29 heavy (non-hydrogen) atoms. The molecule has 0 aliphatic carbocycles. The zero-order chi connectivity index (χ0) is 20.0. The summed E-state index contributed by atoms with van der Waals surface area (Å²) in [4.78, 5) is 32.9. The van der Waals surface area contributed by atoms with E-state index in [0.717, 1.165) is 21.5 Å². The van der Waals surface area contributed by atoms with E-state index in [4.69, 9.17) is 9.47 Å². The molecule has 5 rings (SSSR count). The topological polar surface area (TPSA) is 84.0 Å². The predicted molar refractivity (Wildman–Crippen MR) is 110 cm³/mol. The minimum atomic E-state index is -0.261. The molecule has 2 aliphatic rings. The number of aromatic nitrogens is 1. The van der Waals surface area contributed by atoms with Gasteiger partial charge in [-0.1, -0.05) is 23.5 Å². The molecule has 0 spiro atoms. The van der Waals surface area contributed by atoms with Crippen molar-refractivity contribution in [2.45, 2.75) is 6.92 Å². The summed E-state index contributed by atoms with van der Waals surface area (Å²) in [6, 6.07) is 11.1. The lowest BCUT2D eigenvalue weighted by Gasteiger charge is -2.18. The predicted octanol–water partition coefficient (Wildman–Crippen LogP) is 3.21. The second-order valence-electron chi connectivity index (χ2n) is 6.88. The van der Waals surface area contributed by atoms with Gasteiger partial charge in [-0.3, -0.25) is 9.69 Å². The quantitative estimate of drug-likeness (QED) is 0.714. The van der Waals surface area contributed by atoms with Crippen molar-refractivity contribution in [3.8, 4) is 11.5 Å². The Morgan fingerprint density at radius 1 is 1.21 bits per heavy atom. The first-order valence-corrected chi connectivity index (χ1v) is 10.0. The largest absolute Gasteiger partial charge is 0.454 e. The van der Waals surface area contributed by atoms with Crippen LogP contribution in [0.3, 0.4) is 0 Å². The summed E-state index contributed by atoms with van der Waals surface area (Å²) in [5, 5.41) is 3.35. The highest BCUT2D eigenvalue weighted by molar-refractivity contribution is 7.22. The zero-order valence-electron chi connectivity index (χ0n) is 15.7. The van der Waals surface area contributed by atoms with E-state index >= 15 is 0 Å². The molecule has 9 heteroatoms. The molecule has 1 fully saturated rings. The Hall–Kier alpha value is -3.33. The maximum atomic E-state index is 12.8. The smallest absolute Gasteiger partial charge is 0.325 e. The van der Waals surface area contributed by atoms with E-state index < -0.39 is 0 Å². The number of fused-ring (bicyclic) bond motifs is 2. The van der Waals surface area contributed by atoms with Crippen molar-refractivity contribution in [3.05, 3.63) is 42.0 Å². The summed E-state index contributed by atoms with van der Waals surface area (Å²) >= 11 is 1.42. The van der Waals surface area contributed by atoms with E-state index in [9.17, 15) is 9.59 Å². The number of hydrogen-bond acceptors (Lipinski definition) is 6. The van der Waals surface area contributed by atoms with E-state index in [2.05, 4.69) is 10.3 Å². The average Bonchev–Trinajstić information content (AvgIpc) is 3.41. The molecular weight excluding hydrogens is 392 g/mol. The first-order chi connectivity index (χ1) is 14.1. The van der Waals surface area contributed by atoms with Crippen LogP contribution in [0.25, 0.3) is 10.2 Å². The Kier molecular flexibility index (Phi) is 4.24. The van der Waals surface area contributed by atoms with Gasteiger partial charge in [-0.15, -0.1) is 0 Å². The average molecular weight is 410 g/mol. The van der Waals surface area contributed by atoms with Crippen molar-refractivity contribution in [2.75, 3.05) is 36.6 Å². The number of anilines is 2. The standard InChI is InChI=1S/C20H18N4O4S/c1-12-3-2-4-16-18(12)22-19(29-16)21-17(25)10-23-7-8-24(20(23)26)13-5-6-14-15(9-13)28-11-27-14/h2-6,9H,7-8,10-11H2,1H3,(H,21,22,25). The molecule has 3 heterocycles. The number of urea groups is 1.